The molecule has 1 atom stereocenters. The number of benzene rings is 1. The van der Waals surface area contributed by atoms with Crippen molar-refractivity contribution in [1.29, 1.82) is 0 Å². The summed E-state index contributed by atoms with van der Waals surface area (Å²) in [4.78, 5) is 22.6. The van der Waals surface area contributed by atoms with Gasteiger partial charge in [-0.15, -0.1) is 0 Å². The Bertz CT molecular complexity index is 1160. The third kappa shape index (κ3) is 3.63. The monoisotopic (exact) mass is 435 g/mol. The number of carbonyl (C=O) groups is 1. The Kier molecular flexibility index (Phi) is 5.35. The second-order valence-corrected chi connectivity index (χ2v) is 9.25. The highest BCUT2D eigenvalue weighted by Crippen LogP contribution is 2.33. The maximum atomic E-state index is 14.1. The maximum absolute atomic E-state index is 14.1. The summed E-state index contributed by atoms with van der Waals surface area (Å²) >= 11 is 0. The summed E-state index contributed by atoms with van der Waals surface area (Å²) in [5, 5.41) is 4.82. The van der Waals surface area contributed by atoms with Gasteiger partial charge < -0.3 is 9.80 Å². The normalized spacial score (nSPS) is 19.2. The molecule has 3 aromatic rings. The Hall–Kier alpha value is -2.96. The van der Waals surface area contributed by atoms with Gasteiger partial charge in [0.2, 0.25) is 0 Å². The number of fused-ring (bicyclic) bond motifs is 1. The van der Waals surface area contributed by atoms with E-state index >= 15 is 0 Å². The zero-order valence-electron chi connectivity index (χ0n) is 19.1. The van der Waals surface area contributed by atoms with E-state index in [0.717, 1.165) is 55.1 Å². The van der Waals surface area contributed by atoms with Crippen molar-refractivity contribution in [3.8, 4) is 0 Å². The number of piperidine rings is 1. The highest BCUT2D eigenvalue weighted by Gasteiger charge is 2.31. The van der Waals surface area contributed by atoms with Crippen molar-refractivity contribution in [3.63, 3.8) is 0 Å². The number of carbonyl (C=O) groups excluding carboxylic acids is 1. The summed E-state index contributed by atoms with van der Waals surface area (Å²) < 4.78 is 15.9. The summed E-state index contributed by atoms with van der Waals surface area (Å²) in [6, 6.07) is 5.25. The van der Waals surface area contributed by atoms with Crippen LogP contribution < -0.4 is 4.90 Å². The lowest BCUT2D eigenvalue weighted by Gasteiger charge is -2.35. The van der Waals surface area contributed by atoms with E-state index in [-0.39, 0.29) is 17.8 Å². The van der Waals surface area contributed by atoms with Crippen LogP contribution in [0.4, 0.5) is 10.2 Å². The topological polar surface area (TPSA) is 53.7 Å². The van der Waals surface area contributed by atoms with Gasteiger partial charge in [0.15, 0.2) is 5.65 Å². The molecule has 0 aliphatic carbocycles. The summed E-state index contributed by atoms with van der Waals surface area (Å²) in [5.41, 5.74) is 4.36. The maximum Gasteiger partial charge on any atom is 0.254 e. The van der Waals surface area contributed by atoms with E-state index in [1.165, 1.54) is 12.8 Å². The molecule has 0 unspecified atom stereocenters. The molecule has 0 bridgehead atoms. The van der Waals surface area contributed by atoms with Gasteiger partial charge in [0.1, 0.15) is 11.6 Å². The summed E-state index contributed by atoms with van der Waals surface area (Å²) in [6.07, 6.45) is 7.34. The molecular weight excluding hydrogens is 405 g/mol. The van der Waals surface area contributed by atoms with Crippen molar-refractivity contribution >= 4 is 17.4 Å². The Morgan fingerprint density at radius 1 is 0.969 bits per heavy atom. The highest BCUT2D eigenvalue weighted by atomic mass is 19.1. The average molecular weight is 436 g/mol. The number of likely N-dealkylation sites (tertiary alicyclic amines) is 1. The van der Waals surface area contributed by atoms with Crippen LogP contribution in [-0.2, 0) is 0 Å². The molecule has 1 aromatic carbocycles. The SMILES string of the molecule is Cc1cn2nc([C@@H]3CCCCN3C(=O)c3cc(C)c(F)c(C)c3)cc2nc1N1CCCC1. The predicted octanol–water partition coefficient (Wildman–Crippen LogP) is 4.76. The van der Waals surface area contributed by atoms with Crippen LogP contribution in [-0.4, -0.2) is 45.0 Å². The van der Waals surface area contributed by atoms with Gasteiger partial charge in [-0.3, -0.25) is 4.79 Å². The average Bonchev–Trinajstić information content (AvgIpc) is 3.45. The molecule has 5 rings (SSSR count). The van der Waals surface area contributed by atoms with Gasteiger partial charge in [-0.2, -0.15) is 5.10 Å². The molecule has 0 N–H and O–H groups in total. The van der Waals surface area contributed by atoms with E-state index < -0.39 is 0 Å². The van der Waals surface area contributed by atoms with Crippen LogP contribution in [0.2, 0.25) is 0 Å². The second-order valence-electron chi connectivity index (χ2n) is 9.25. The first-order valence-electron chi connectivity index (χ1n) is 11.6. The van der Waals surface area contributed by atoms with Crippen molar-refractivity contribution in [2.45, 2.75) is 58.9 Å². The van der Waals surface area contributed by atoms with Gasteiger partial charge in [0.25, 0.3) is 5.91 Å². The smallest absolute Gasteiger partial charge is 0.254 e. The first-order valence-corrected chi connectivity index (χ1v) is 11.6. The predicted molar refractivity (Wildman–Crippen MR) is 123 cm³/mol. The number of hydrogen-bond acceptors (Lipinski definition) is 4. The quantitative estimate of drug-likeness (QED) is 0.595. The van der Waals surface area contributed by atoms with E-state index in [0.29, 0.717) is 23.2 Å². The van der Waals surface area contributed by atoms with E-state index in [4.69, 9.17) is 10.1 Å². The fraction of sp³-hybridized carbons (Fsp3) is 0.480. The van der Waals surface area contributed by atoms with Crippen molar-refractivity contribution < 1.29 is 9.18 Å². The highest BCUT2D eigenvalue weighted by molar-refractivity contribution is 5.95. The van der Waals surface area contributed by atoms with Crippen molar-refractivity contribution in [3.05, 3.63) is 58.2 Å². The number of amides is 1. The third-order valence-electron chi connectivity index (χ3n) is 6.82. The lowest BCUT2D eigenvalue weighted by molar-refractivity contribution is 0.0605. The first-order chi connectivity index (χ1) is 15.4. The largest absolute Gasteiger partial charge is 0.356 e. The van der Waals surface area contributed by atoms with Crippen LogP contribution in [0.1, 0.15) is 70.9 Å². The Morgan fingerprint density at radius 2 is 1.66 bits per heavy atom. The molecule has 0 spiro atoms. The zero-order chi connectivity index (χ0) is 22.4. The minimum Gasteiger partial charge on any atom is -0.356 e. The number of anilines is 1. The molecule has 0 radical (unpaired) electrons. The molecule has 0 saturated carbocycles. The van der Waals surface area contributed by atoms with Gasteiger partial charge in [-0.1, -0.05) is 0 Å². The van der Waals surface area contributed by atoms with Gasteiger partial charge in [-0.05, 0) is 76.1 Å². The number of rotatable bonds is 3. The number of nitrogens with zero attached hydrogens (tertiary/aromatic N) is 5. The molecule has 32 heavy (non-hydrogen) atoms. The molecule has 6 nitrogen and oxygen atoms in total. The molecular formula is C25H30FN5O. The third-order valence-corrected chi connectivity index (χ3v) is 6.82. The summed E-state index contributed by atoms with van der Waals surface area (Å²) in [7, 11) is 0. The molecule has 2 aliphatic heterocycles. The molecule has 2 fully saturated rings. The Labute approximate surface area is 188 Å². The fourth-order valence-electron chi connectivity index (χ4n) is 5.15. The fourth-order valence-corrected chi connectivity index (χ4v) is 5.15. The lowest BCUT2D eigenvalue weighted by Crippen LogP contribution is -2.38. The second kappa shape index (κ2) is 8.19. The van der Waals surface area contributed by atoms with E-state index in [2.05, 4.69) is 11.8 Å². The Morgan fingerprint density at radius 3 is 2.38 bits per heavy atom. The summed E-state index contributed by atoms with van der Waals surface area (Å²) in [6.45, 7) is 8.27. The van der Waals surface area contributed by atoms with Crippen LogP contribution in [0.25, 0.3) is 5.65 Å². The Balaban J connectivity index is 1.48. The van der Waals surface area contributed by atoms with Crippen LogP contribution in [0, 0.1) is 26.6 Å². The molecule has 4 heterocycles. The molecule has 7 heteroatoms. The molecule has 2 aromatic heterocycles. The molecule has 168 valence electrons. The number of hydrogen-bond donors (Lipinski definition) is 0. The van der Waals surface area contributed by atoms with Crippen LogP contribution in [0.5, 0.6) is 0 Å². The van der Waals surface area contributed by atoms with Gasteiger partial charge in [0, 0.05) is 43.0 Å². The minimum atomic E-state index is -0.243. The van der Waals surface area contributed by atoms with Gasteiger partial charge in [-0.25, -0.2) is 13.9 Å². The van der Waals surface area contributed by atoms with Crippen LogP contribution >= 0.6 is 0 Å². The standard InChI is InChI=1S/C25H30FN5O/c1-16-12-19(13-17(2)23(16)26)25(32)30-11-5-4-8-21(30)20-14-22-27-24(29-9-6-7-10-29)18(3)15-31(22)28-20/h12-15,21H,4-11H2,1-3H3/t21-/m0/s1. The van der Waals surface area contributed by atoms with Crippen molar-refractivity contribution in [2.75, 3.05) is 24.5 Å². The molecule has 1 amide bonds. The number of halogens is 1. The van der Waals surface area contributed by atoms with E-state index in [1.807, 2.05) is 21.7 Å². The number of aromatic nitrogens is 3. The number of aryl methyl sites for hydroxylation is 3. The van der Waals surface area contributed by atoms with Gasteiger partial charge in [0.05, 0.1) is 11.7 Å². The van der Waals surface area contributed by atoms with Crippen LogP contribution in [0.15, 0.2) is 24.4 Å². The zero-order valence-corrected chi connectivity index (χ0v) is 19.1. The first kappa shape index (κ1) is 20.9. The van der Waals surface area contributed by atoms with Crippen LogP contribution in [0.3, 0.4) is 0 Å². The van der Waals surface area contributed by atoms with Crippen molar-refractivity contribution in [1.82, 2.24) is 19.5 Å². The van der Waals surface area contributed by atoms with Crippen molar-refractivity contribution in [2.24, 2.45) is 0 Å². The minimum absolute atomic E-state index is 0.0557. The molecule has 2 saturated heterocycles. The van der Waals surface area contributed by atoms with Gasteiger partial charge >= 0.3 is 0 Å². The van der Waals surface area contributed by atoms with E-state index in [9.17, 15) is 9.18 Å². The molecule has 2 aliphatic rings. The lowest BCUT2D eigenvalue weighted by atomic mass is 9.97. The summed E-state index contributed by atoms with van der Waals surface area (Å²) in [5.74, 6) is 0.738. The van der Waals surface area contributed by atoms with E-state index in [1.54, 1.807) is 26.0 Å².